The Morgan fingerprint density at radius 3 is 2.24 bits per heavy atom. The van der Waals surface area contributed by atoms with Crippen LogP contribution >= 0.6 is 0 Å². The number of nitrogens with zero attached hydrogens (tertiary/aromatic N) is 2. The maximum absolute atomic E-state index is 12.9. The molecule has 2 rings (SSSR count). The molecule has 0 aromatic heterocycles. The molecular formula is C19H23N3O6S. The van der Waals surface area contributed by atoms with Crippen molar-refractivity contribution in [2.45, 2.75) is 26.8 Å². The van der Waals surface area contributed by atoms with Crippen molar-refractivity contribution in [2.24, 2.45) is 0 Å². The number of hydrogen-bond donors (Lipinski definition) is 1. The Bertz CT molecular complexity index is 1030. The number of rotatable bonds is 7. The summed E-state index contributed by atoms with van der Waals surface area (Å²) >= 11 is 0. The summed E-state index contributed by atoms with van der Waals surface area (Å²) in [6.07, 6.45) is 1.02. The van der Waals surface area contributed by atoms with Gasteiger partial charge in [0.25, 0.3) is 5.69 Å². The van der Waals surface area contributed by atoms with Gasteiger partial charge in [0.05, 0.1) is 29.7 Å². The monoisotopic (exact) mass is 421 g/mol. The van der Waals surface area contributed by atoms with Crippen LogP contribution in [0, 0.1) is 24.0 Å². The highest BCUT2D eigenvalue weighted by molar-refractivity contribution is 7.92. The van der Waals surface area contributed by atoms with E-state index in [0.29, 0.717) is 5.69 Å². The topological polar surface area (TPSA) is 119 Å². The first-order chi connectivity index (χ1) is 13.4. The van der Waals surface area contributed by atoms with Crippen molar-refractivity contribution in [1.29, 1.82) is 0 Å². The van der Waals surface area contributed by atoms with E-state index in [9.17, 15) is 23.3 Å². The lowest BCUT2D eigenvalue weighted by Gasteiger charge is -2.29. The van der Waals surface area contributed by atoms with Crippen molar-refractivity contribution < 1.29 is 22.9 Å². The molecule has 0 aliphatic heterocycles. The molecule has 0 spiro atoms. The third kappa shape index (κ3) is 5.23. The largest absolute Gasteiger partial charge is 0.495 e. The van der Waals surface area contributed by atoms with Crippen LogP contribution in [0.5, 0.6) is 5.75 Å². The molecule has 9 nitrogen and oxygen atoms in total. The van der Waals surface area contributed by atoms with Crippen LogP contribution in [0.3, 0.4) is 0 Å². The van der Waals surface area contributed by atoms with E-state index in [2.05, 4.69) is 5.32 Å². The van der Waals surface area contributed by atoms with Gasteiger partial charge in [-0.3, -0.25) is 19.2 Å². The molecule has 0 bridgehead atoms. The highest BCUT2D eigenvalue weighted by atomic mass is 32.2. The summed E-state index contributed by atoms with van der Waals surface area (Å²) in [6, 6.07) is 7.88. The molecule has 1 atom stereocenters. The van der Waals surface area contributed by atoms with E-state index >= 15 is 0 Å². The van der Waals surface area contributed by atoms with Crippen molar-refractivity contribution >= 4 is 33.0 Å². The molecular weight excluding hydrogens is 398 g/mol. The van der Waals surface area contributed by atoms with E-state index in [4.69, 9.17) is 4.74 Å². The van der Waals surface area contributed by atoms with Gasteiger partial charge in [0.15, 0.2) is 0 Å². The SMILES string of the molecule is COc1ccc([N+](=O)[O-])cc1NC(=O)[C@@H](C)N(c1cc(C)cc(C)c1)S(C)(=O)=O. The average Bonchev–Trinajstić information content (AvgIpc) is 2.59. The van der Waals surface area contributed by atoms with Gasteiger partial charge in [-0.15, -0.1) is 0 Å². The number of hydrogen-bond acceptors (Lipinski definition) is 6. The Morgan fingerprint density at radius 1 is 1.17 bits per heavy atom. The number of methoxy groups -OCH3 is 1. The summed E-state index contributed by atoms with van der Waals surface area (Å²) in [5.74, 6) is -0.443. The van der Waals surface area contributed by atoms with Crippen molar-refractivity contribution in [2.75, 3.05) is 23.0 Å². The van der Waals surface area contributed by atoms with Crippen molar-refractivity contribution in [3.05, 3.63) is 57.6 Å². The van der Waals surface area contributed by atoms with Crippen LogP contribution in [0.15, 0.2) is 36.4 Å². The molecule has 0 saturated heterocycles. The van der Waals surface area contributed by atoms with Gasteiger partial charge in [-0.1, -0.05) is 6.07 Å². The number of amides is 1. The smallest absolute Gasteiger partial charge is 0.271 e. The Hall–Kier alpha value is -3.14. The molecule has 1 N–H and O–H groups in total. The van der Waals surface area contributed by atoms with E-state index < -0.39 is 26.9 Å². The van der Waals surface area contributed by atoms with Crippen LogP contribution in [0.1, 0.15) is 18.1 Å². The Labute approximate surface area is 169 Å². The second kappa shape index (κ2) is 8.48. The fourth-order valence-electron chi connectivity index (χ4n) is 3.03. The summed E-state index contributed by atoms with van der Waals surface area (Å²) in [5, 5.41) is 13.6. The summed E-state index contributed by atoms with van der Waals surface area (Å²) < 4.78 is 31.1. The fourth-order valence-corrected chi connectivity index (χ4v) is 4.19. The minimum atomic E-state index is -3.79. The van der Waals surface area contributed by atoms with E-state index in [0.717, 1.165) is 27.8 Å². The standard InChI is InChI=1S/C19H23N3O6S/c1-12-8-13(2)10-16(9-12)21(29(5,26)27)14(3)19(23)20-17-11-15(22(24)25)6-7-18(17)28-4/h6-11,14H,1-5H3,(H,20,23)/t14-/m1/s1. The number of benzene rings is 2. The van der Waals surface area contributed by atoms with Crippen LogP contribution < -0.4 is 14.4 Å². The maximum atomic E-state index is 12.9. The van der Waals surface area contributed by atoms with Gasteiger partial charge in [0, 0.05) is 12.1 Å². The number of anilines is 2. The lowest BCUT2D eigenvalue weighted by Crippen LogP contribution is -2.45. The van der Waals surface area contributed by atoms with E-state index in [1.165, 1.54) is 26.2 Å². The normalized spacial score (nSPS) is 12.2. The molecule has 0 unspecified atom stereocenters. The zero-order chi connectivity index (χ0) is 21.9. The first-order valence-electron chi connectivity index (χ1n) is 8.65. The molecule has 0 saturated carbocycles. The Morgan fingerprint density at radius 2 is 1.76 bits per heavy atom. The average molecular weight is 421 g/mol. The number of sulfonamides is 1. The molecule has 0 aliphatic rings. The minimum Gasteiger partial charge on any atom is -0.495 e. The number of nitro groups is 1. The van der Waals surface area contributed by atoms with Crippen LogP contribution in [-0.4, -0.2) is 38.7 Å². The van der Waals surface area contributed by atoms with Gasteiger partial charge in [0.2, 0.25) is 15.9 Å². The van der Waals surface area contributed by atoms with Gasteiger partial charge in [-0.2, -0.15) is 0 Å². The number of carbonyl (C=O) groups is 1. The van der Waals surface area contributed by atoms with Crippen molar-refractivity contribution in [3.63, 3.8) is 0 Å². The third-order valence-electron chi connectivity index (χ3n) is 4.20. The van der Waals surface area contributed by atoms with E-state index in [1.54, 1.807) is 12.1 Å². The molecule has 29 heavy (non-hydrogen) atoms. The summed E-state index contributed by atoms with van der Waals surface area (Å²) in [5.41, 5.74) is 1.90. The zero-order valence-electron chi connectivity index (χ0n) is 16.8. The minimum absolute atomic E-state index is 0.0763. The number of carbonyl (C=O) groups excluding carboxylic acids is 1. The Balaban J connectivity index is 2.43. The van der Waals surface area contributed by atoms with Crippen molar-refractivity contribution in [3.8, 4) is 5.75 Å². The molecule has 0 heterocycles. The predicted molar refractivity (Wildman–Crippen MR) is 111 cm³/mol. The van der Waals surface area contributed by atoms with Crippen LogP contribution in [0.2, 0.25) is 0 Å². The number of aryl methyl sites for hydroxylation is 2. The van der Waals surface area contributed by atoms with Crippen LogP contribution in [0.25, 0.3) is 0 Å². The van der Waals surface area contributed by atoms with Crippen molar-refractivity contribution in [1.82, 2.24) is 0 Å². The molecule has 0 aliphatic carbocycles. The lowest BCUT2D eigenvalue weighted by atomic mass is 10.1. The van der Waals surface area contributed by atoms with Gasteiger partial charge < -0.3 is 10.1 Å². The molecule has 2 aromatic carbocycles. The van der Waals surface area contributed by atoms with E-state index in [-0.39, 0.29) is 17.1 Å². The third-order valence-corrected chi connectivity index (χ3v) is 5.44. The maximum Gasteiger partial charge on any atom is 0.271 e. The lowest BCUT2D eigenvalue weighted by molar-refractivity contribution is -0.384. The van der Waals surface area contributed by atoms with Gasteiger partial charge in [-0.05, 0) is 50.1 Å². The highest BCUT2D eigenvalue weighted by Crippen LogP contribution is 2.30. The fraction of sp³-hybridized carbons (Fsp3) is 0.316. The van der Waals surface area contributed by atoms with Gasteiger partial charge in [0.1, 0.15) is 11.8 Å². The molecule has 0 radical (unpaired) electrons. The molecule has 0 fully saturated rings. The van der Waals surface area contributed by atoms with Crippen LogP contribution in [0.4, 0.5) is 17.1 Å². The summed E-state index contributed by atoms with van der Waals surface area (Å²) in [6.45, 7) is 5.10. The first-order valence-corrected chi connectivity index (χ1v) is 10.5. The second-order valence-corrected chi connectivity index (χ2v) is 8.57. The molecule has 10 heteroatoms. The van der Waals surface area contributed by atoms with Gasteiger partial charge >= 0.3 is 0 Å². The van der Waals surface area contributed by atoms with Crippen LogP contribution in [-0.2, 0) is 14.8 Å². The number of nitro benzene ring substituents is 1. The van der Waals surface area contributed by atoms with Gasteiger partial charge in [-0.25, -0.2) is 8.42 Å². The molecule has 1 amide bonds. The number of ether oxygens (including phenoxy) is 1. The Kier molecular flexibility index (Phi) is 6.48. The quantitative estimate of drug-likeness (QED) is 0.542. The second-order valence-electron chi connectivity index (χ2n) is 6.71. The molecule has 2 aromatic rings. The first kappa shape index (κ1) is 22.2. The highest BCUT2D eigenvalue weighted by Gasteiger charge is 2.30. The van der Waals surface area contributed by atoms with E-state index in [1.807, 2.05) is 19.9 Å². The number of non-ortho nitro benzene ring substituents is 1. The zero-order valence-corrected chi connectivity index (χ0v) is 17.6. The summed E-state index contributed by atoms with van der Waals surface area (Å²) in [4.78, 5) is 23.3. The molecule has 156 valence electrons. The summed E-state index contributed by atoms with van der Waals surface area (Å²) in [7, 11) is -2.43. The predicted octanol–water partition coefficient (Wildman–Crippen LogP) is 3.01. The number of nitrogens with one attached hydrogen (secondary N) is 1.